The molecule has 7 nitrogen and oxygen atoms in total. The highest BCUT2D eigenvalue weighted by Crippen LogP contribution is 2.24. The molecule has 2 rings (SSSR count). The first-order chi connectivity index (χ1) is 11.0. The molecule has 0 aliphatic carbocycles. The van der Waals surface area contributed by atoms with Crippen molar-refractivity contribution in [3.05, 3.63) is 24.3 Å². The summed E-state index contributed by atoms with van der Waals surface area (Å²) in [6.07, 6.45) is -0.346. The van der Waals surface area contributed by atoms with Crippen molar-refractivity contribution >= 4 is 17.6 Å². The van der Waals surface area contributed by atoms with Gasteiger partial charge < -0.3 is 25.4 Å². The lowest BCUT2D eigenvalue weighted by Gasteiger charge is -2.18. The zero-order valence-electron chi connectivity index (χ0n) is 13.4. The van der Waals surface area contributed by atoms with E-state index in [9.17, 15) is 9.59 Å². The Balaban J connectivity index is 1.90. The standard InChI is InChI=1S/C16H23N3O4/c1-3-23-14-6-4-13(5-7-14)19-10-12(8-15(19)21)18-16(22)17-9-11(2)20/h4-7,11-12,20H,3,8-10H2,1-2H3,(H2,17,18,22)/t11-,12-/m0/s1. The molecule has 1 aromatic carbocycles. The number of nitrogens with one attached hydrogen (secondary N) is 2. The number of urea groups is 1. The third kappa shape index (κ3) is 4.85. The molecule has 23 heavy (non-hydrogen) atoms. The van der Waals surface area contributed by atoms with E-state index in [0.717, 1.165) is 11.4 Å². The maximum Gasteiger partial charge on any atom is 0.315 e. The molecule has 0 bridgehead atoms. The van der Waals surface area contributed by atoms with Crippen LogP contribution in [0.25, 0.3) is 0 Å². The number of nitrogens with zero attached hydrogens (tertiary/aromatic N) is 1. The Morgan fingerprint density at radius 1 is 1.43 bits per heavy atom. The molecule has 1 aliphatic rings. The zero-order chi connectivity index (χ0) is 16.8. The van der Waals surface area contributed by atoms with Gasteiger partial charge in [-0.05, 0) is 38.1 Å². The monoisotopic (exact) mass is 321 g/mol. The van der Waals surface area contributed by atoms with Crippen LogP contribution >= 0.6 is 0 Å². The van der Waals surface area contributed by atoms with Gasteiger partial charge in [-0.25, -0.2) is 4.79 Å². The number of anilines is 1. The van der Waals surface area contributed by atoms with Gasteiger partial charge in [0.15, 0.2) is 0 Å². The average Bonchev–Trinajstić information content (AvgIpc) is 2.87. The number of aliphatic hydroxyl groups is 1. The van der Waals surface area contributed by atoms with E-state index in [1.165, 1.54) is 0 Å². The summed E-state index contributed by atoms with van der Waals surface area (Å²) in [6.45, 7) is 4.70. The lowest BCUT2D eigenvalue weighted by Crippen LogP contribution is -2.45. The van der Waals surface area contributed by atoms with E-state index in [2.05, 4.69) is 10.6 Å². The second-order valence-electron chi connectivity index (χ2n) is 5.54. The summed E-state index contributed by atoms with van der Waals surface area (Å²) in [5.41, 5.74) is 0.784. The predicted octanol–water partition coefficient (Wildman–Crippen LogP) is 0.871. The van der Waals surface area contributed by atoms with Crippen LogP contribution in [0.1, 0.15) is 20.3 Å². The minimum Gasteiger partial charge on any atom is -0.494 e. The lowest BCUT2D eigenvalue weighted by molar-refractivity contribution is -0.117. The molecule has 1 fully saturated rings. The molecule has 0 aromatic heterocycles. The number of carbonyl (C=O) groups excluding carboxylic acids is 2. The van der Waals surface area contributed by atoms with Crippen LogP contribution in [0, 0.1) is 0 Å². The summed E-state index contributed by atoms with van der Waals surface area (Å²) in [5.74, 6) is 0.727. The second kappa shape index (κ2) is 7.82. The van der Waals surface area contributed by atoms with Gasteiger partial charge in [0, 0.05) is 25.2 Å². The number of hydrogen-bond acceptors (Lipinski definition) is 4. The summed E-state index contributed by atoms with van der Waals surface area (Å²) in [5, 5.41) is 14.4. The largest absolute Gasteiger partial charge is 0.494 e. The summed E-state index contributed by atoms with van der Waals surface area (Å²) in [6, 6.07) is 6.68. The van der Waals surface area contributed by atoms with Crippen molar-refractivity contribution in [1.82, 2.24) is 10.6 Å². The molecule has 3 N–H and O–H groups in total. The van der Waals surface area contributed by atoms with Crippen LogP contribution in [0.4, 0.5) is 10.5 Å². The van der Waals surface area contributed by atoms with Gasteiger partial charge in [0.2, 0.25) is 5.91 Å². The SMILES string of the molecule is CCOc1ccc(N2C[C@@H](NC(=O)NC[C@H](C)O)CC2=O)cc1. The highest BCUT2D eigenvalue weighted by Gasteiger charge is 2.31. The highest BCUT2D eigenvalue weighted by molar-refractivity contribution is 5.96. The first-order valence-electron chi connectivity index (χ1n) is 7.75. The summed E-state index contributed by atoms with van der Waals surface area (Å²) >= 11 is 0. The van der Waals surface area contributed by atoms with E-state index in [4.69, 9.17) is 9.84 Å². The van der Waals surface area contributed by atoms with Gasteiger partial charge >= 0.3 is 6.03 Å². The maximum absolute atomic E-state index is 12.1. The average molecular weight is 321 g/mol. The van der Waals surface area contributed by atoms with Gasteiger partial charge in [0.05, 0.1) is 18.8 Å². The number of benzene rings is 1. The van der Waals surface area contributed by atoms with E-state index in [0.29, 0.717) is 13.2 Å². The Morgan fingerprint density at radius 3 is 2.74 bits per heavy atom. The second-order valence-corrected chi connectivity index (χ2v) is 5.54. The Bertz CT molecular complexity index is 545. The normalized spacial score (nSPS) is 18.7. The van der Waals surface area contributed by atoms with Crippen molar-refractivity contribution in [1.29, 1.82) is 0 Å². The molecule has 0 radical (unpaired) electrons. The van der Waals surface area contributed by atoms with Crippen LogP contribution in [0.3, 0.4) is 0 Å². The predicted molar refractivity (Wildman–Crippen MR) is 86.6 cm³/mol. The van der Waals surface area contributed by atoms with E-state index < -0.39 is 6.10 Å². The molecule has 126 valence electrons. The minimum absolute atomic E-state index is 0.0324. The lowest BCUT2D eigenvalue weighted by atomic mass is 10.2. The van der Waals surface area contributed by atoms with E-state index in [-0.39, 0.29) is 30.9 Å². The molecule has 3 amide bonds. The molecule has 0 spiro atoms. The van der Waals surface area contributed by atoms with Crippen molar-refractivity contribution in [2.24, 2.45) is 0 Å². The first-order valence-corrected chi connectivity index (χ1v) is 7.75. The van der Waals surface area contributed by atoms with Gasteiger partial charge in [0.25, 0.3) is 0 Å². The summed E-state index contributed by atoms with van der Waals surface area (Å²) in [7, 11) is 0. The first kappa shape index (κ1) is 17.1. The zero-order valence-corrected chi connectivity index (χ0v) is 13.4. The van der Waals surface area contributed by atoms with Crippen molar-refractivity contribution < 1.29 is 19.4 Å². The molecule has 0 saturated carbocycles. The number of aliphatic hydroxyl groups excluding tert-OH is 1. The quantitative estimate of drug-likeness (QED) is 0.725. The molecule has 1 saturated heterocycles. The van der Waals surface area contributed by atoms with Gasteiger partial charge in [-0.2, -0.15) is 0 Å². The van der Waals surface area contributed by atoms with E-state index in [1.807, 2.05) is 31.2 Å². The minimum atomic E-state index is -0.605. The van der Waals surface area contributed by atoms with Crippen molar-refractivity contribution in [2.45, 2.75) is 32.4 Å². The number of hydrogen-bond donors (Lipinski definition) is 3. The van der Waals surface area contributed by atoms with Crippen LogP contribution in [0.5, 0.6) is 5.75 Å². The topological polar surface area (TPSA) is 90.9 Å². The fourth-order valence-electron chi connectivity index (χ4n) is 2.42. The number of carbonyl (C=O) groups is 2. The maximum atomic E-state index is 12.1. The van der Waals surface area contributed by atoms with Crippen molar-refractivity contribution in [2.75, 3.05) is 24.6 Å². The van der Waals surface area contributed by atoms with Gasteiger partial charge in [-0.3, -0.25) is 4.79 Å². The number of ether oxygens (including phenoxy) is 1. The van der Waals surface area contributed by atoms with Crippen LogP contribution < -0.4 is 20.3 Å². The van der Waals surface area contributed by atoms with Crippen LogP contribution in [-0.4, -0.2) is 48.9 Å². The van der Waals surface area contributed by atoms with Gasteiger partial charge in [-0.1, -0.05) is 0 Å². The van der Waals surface area contributed by atoms with Gasteiger partial charge in [-0.15, -0.1) is 0 Å². The molecular weight excluding hydrogens is 298 g/mol. The van der Waals surface area contributed by atoms with Crippen LogP contribution in [-0.2, 0) is 4.79 Å². The summed E-state index contributed by atoms with van der Waals surface area (Å²) < 4.78 is 5.38. The van der Waals surface area contributed by atoms with Crippen LogP contribution in [0.15, 0.2) is 24.3 Å². The molecule has 1 aliphatic heterocycles. The molecule has 1 heterocycles. The molecule has 1 aromatic rings. The van der Waals surface area contributed by atoms with Crippen molar-refractivity contribution in [3.63, 3.8) is 0 Å². The smallest absolute Gasteiger partial charge is 0.315 e. The third-order valence-electron chi connectivity index (χ3n) is 3.48. The number of amides is 3. The third-order valence-corrected chi connectivity index (χ3v) is 3.48. The number of rotatable bonds is 6. The van der Waals surface area contributed by atoms with Crippen LogP contribution in [0.2, 0.25) is 0 Å². The molecule has 7 heteroatoms. The fraction of sp³-hybridized carbons (Fsp3) is 0.500. The highest BCUT2D eigenvalue weighted by atomic mass is 16.5. The molecule has 0 unspecified atom stereocenters. The summed E-state index contributed by atoms with van der Waals surface area (Å²) in [4.78, 5) is 25.5. The van der Waals surface area contributed by atoms with Gasteiger partial charge in [0.1, 0.15) is 5.75 Å². The van der Waals surface area contributed by atoms with E-state index >= 15 is 0 Å². The molecular formula is C16H23N3O4. The molecule has 2 atom stereocenters. The Labute approximate surface area is 135 Å². The fourth-order valence-corrected chi connectivity index (χ4v) is 2.42. The Kier molecular flexibility index (Phi) is 5.81. The Morgan fingerprint density at radius 2 is 2.13 bits per heavy atom. The van der Waals surface area contributed by atoms with Crippen molar-refractivity contribution in [3.8, 4) is 5.75 Å². The van der Waals surface area contributed by atoms with E-state index in [1.54, 1.807) is 11.8 Å². The Hall–Kier alpha value is -2.28.